The molecule has 0 saturated carbocycles. The number of Topliss-reactive ketones (excluding diaryl/α,β-unsaturated/α-hetero) is 1. The van der Waals surface area contributed by atoms with Gasteiger partial charge in [0.25, 0.3) is 0 Å². The van der Waals surface area contributed by atoms with Crippen molar-refractivity contribution in [3.05, 3.63) is 29.2 Å². The summed E-state index contributed by atoms with van der Waals surface area (Å²) in [7, 11) is 0. The Bertz CT molecular complexity index is 475. The maximum absolute atomic E-state index is 11.0. The second-order valence-corrected chi connectivity index (χ2v) is 3.05. The number of aromatic nitrogens is 1. The van der Waals surface area contributed by atoms with Gasteiger partial charge in [0.05, 0.1) is 6.26 Å². The molecule has 0 aliphatic rings. The van der Waals surface area contributed by atoms with E-state index in [4.69, 9.17) is 16.0 Å². The first kappa shape index (κ1) is 8.26. The molecule has 2 heterocycles. The number of carbonyl (C=O) groups excluding carboxylic acids is 1. The van der Waals surface area contributed by atoms with Crippen LogP contribution in [-0.4, -0.2) is 10.8 Å². The van der Waals surface area contributed by atoms with E-state index in [0.717, 1.165) is 5.39 Å². The van der Waals surface area contributed by atoms with Crippen LogP contribution in [0.5, 0.6) is 0 Å². The monoisotopic (exact) mass is 195 g/mol. The largest absolute Gasteiger partial charge is 0.461 e. The van der Waals surface area contributed by atoms with Gasteiger partial charge in [-0.15, -0.1) is 0 Å². The van der Waals surface area contributed by atoms with E-state index in [1.54, 1.807) is 12.1 Å². The fourth-order valence-corrected chi connectivity index (χ4v) is 1.36. The van der Waals surface area contributed by atoms with Crippen molar-refractivity contribution in [1.29, 1.82) is 0 Å². The minimum Gasteiger partial charge on any atom is -0.461 e. The molecular formula is C9H6ClNO2. The van der Waals surface area contributed by atoms with Gasteiger partial charge < -0.3 is 4.42 Å². The number of nitrogens with zero attached hydrogens (tertiary/aromatic N) is 1. The third kappa shape index (κ3) is 1.31. The first-order valence-corrected chi connectivity index (χ1v) is 4.11. The average Bonchev–Trinajstić information content (AvgIpc) is 2.51. The Morgan fingerprint density at radius 1 is 1.62 bits per heavy atom. The Balaban J connectivity index is 2.77. The summed E-state index contributed by atoms with van der Waals surface area (Å²) in [6.45, 7) is 1.45. The maximum atomic E-state index is 11.0. The summed E-state index contributed by atoms with van der Waals surface area (Å²) >= 11 is 5.79. The van der Waals surface area contributed by atoms with Crippen molar-refractivity contribution in [3.8, 4) is 0 Å². The number of pyridine rings is 1. The molecule has 0 amide bonds. The molecule has 0 spiro atoms. The van der Waals surface area contributed by atoms with Gasteiger partial charge in [0.15, 0.2) is 16.5 Å². The van der Waals surface area contributed by atoms with E-state index in [0.29, 0.717) is 11.3 Å². The normalized spacial score (nSPS) is 10.6. The lowest BCUT2D eigenvalue weighted by atomic mass is 10.2. The molecule has 0 unspecified atom stereocenters. The first-order valence-electron chi connectivity index (χ1n) is 3.73. The summed E-state index contributed by atoms with van der Waals surface area (Å²) in [4.78, 5) is 14.9. The summed E-state index contributed by atoms with van der Waals surface area (Å²) in [5.74, 6) is -0.106. The quantitative estimate of drug-likeness (QED) is 0.519. The van der Waals surface area contributed by atoms with Crippen LogP contribution in [-0.2, 0) is 0 Å². The van der Waals surface area contributed by atoms with E-state index in [1.807, 2.05) is 0 Å². The number of hydrogen-bond donors (Lipinski definition) is 0. The molecule has 0 saturated heterocycles. The van der Waals surface area contributed by atoms with Crippen LogP contribution in [0.2, 0.25) is 5.15 Å². The zero-order valence-electron chi connectivity index (χ0n) is 6.87. The molecule has 13 heavy (non-hydrogen) atoms. The fraction of sp³-hybridized carbons (Fsp3) is 0.111. The van der Waals surface area contributed by atoms with Crippen LogP contribution in [0.3, 0.4) is 0 Å². The van der Waals surface area contributed by atoms with Crippen molar-refractivity contribution < 1.29 is 9.21 Å². The smallest absolute Gasteiger partial charge is 0.178 e. The lowest BCUT2D eigenvalue weighted by Gasteiger charge is -1.96. The number of furan rings is 1. The second-order valence-electron chi connectivity index (χ2n) is 2.69. The van der Waals surface area contributed by atoms with Crippen molar-refractivity contribution in [1.82, 2.24) is 4.98 Å². The molecule has 0 radical (unpaired) electrons. The van der Waals surface area contributed by atoms with Gasteiger partial charge in [-0.05, 0) is 12.1 Å². The van der Waals surface area contributed by atoms with Gasteiger partial charge in [0.2, 0.25) is 0 Å². The molecule has 0 fully saturated rings. The second kappa shape index (κ2) is 2.85. The van der Waals surface area contributed by atoms with E-state index in [1.165, 1.54) is 13.2 Å². The van der Waals surface area contributed by atoms with Crippen LogP contribution in [0.25, 0.3) is 11.0 Å². The van der Waals surface area contributed by atoms with Crippen molar-refractivity contribution >= 4 is 28.4 Å². The highest BCUT2D eigenvalue weighted by atomic mass is 35.5. The highest BCUT2D eigenvalue weighted by Crippen LogP contribution is 2.23. The topological polar surface area (TPSA) is 43.1 Å². The molecule has 4 heteroatoms. The third-order valence-electron chi connectivity index (χ3n) is 1.75. The number of carbonyl (C=O) groups is 1. The average molecular weight is 196 g/mol. The van der Waals surface area contributed by atoms with Crippen LogP contribution < -0.4 is 0 Å². The van der Waals surface area contributed by atoms with Crippen molar-refractivity contribution in [2.75, 3.05) is 0 Å². The zero-order valence-corrected chi connectivity index (χ0v) is 7.63. The molecular weight excluding hydrogens is 190 g/mol. The van der Waals surface area contributed by atoms with Gasteiger partial charge in [0.1, 0.15) is 5.69 Å². The molecule has 0 atom stereocenters. The molecule has 0 aliphatic carbocycles. The van der Waals surface area contributed by atoms with Gasteiger partial charge >= 0.3 is 0 Å². The van der Waals surface area contributed by atoms with Crippen LogP contribution in [0, 0.1) is 0 Å². The van der Waals surface area contributed by atoms with Crippen molar-refractivity contribution in [3.63, 3.8) is 0 Å². The summed E-state index contributed by atoms with van der Waals surface area (Å²) in [5, 5.41) is 1.03. The number of hydrogen-bond acceptors (Lipinski definition) is 3. The minimum absolute atomic E-state index is 0.106. The number of halogens is 1. The van der Waals surface area contributed by atoms with E-state index in [2.05, 4.69) is 4.98 Å². The minimum atomic E-state index is -0.106. The van der Waals surface area contributed by atoms with Crippen LogP contribution in [0.4, 0.5) is 0 Å². The predicted octanol–water partition coefficient (Wildman–Crippen LogP) is 2.68. The van der Waals surface area contributed by atoms with Gasteiger partial charge in [0, 0.05) is 12.3 Å². The van der Waals surface area contributed by atoms with Crippen LogP contribution in [0.15, 0.2) is 22.8 Å². The van der Waals surface area contributed by atoms with Crippen LogP contribution in [0.1, 0.15) is 17.4 Å². The van der Waals surface area contributed by atoms with Crippen LogP contribution >= 0.6 is 11.6 Å². The van der Waals surface area contributed by atoms with Gasteiger partial charge in [-0.2, -0.15) is 0 Å². The lowest BCUT2D eigenvalue weighted by Crippen LogP contribution is -1.95. The number of fused-ring (bicyclic) bond motifs is 1. The Kier molecular flexibility index (Phi) is 1.81. The SMILES string of the molecule is CC(=O)c1cc2ccoc2c(Cl)n1. The Labute approximate surface area is 79.3 Å². The summed E-state index contributed by atoms with van der Waals surface area (Å²) in [6, 6.07) is 3.41. The molecule has 2 aromatic rings. The maximum Gasteiger partial charge on any atom is 0.178 e. The van der Waals surface area contributed by atoms with E-state index in [9.17, 15) is 4.79 Å². The zero-order chi connectivity index (χ0) is 9.42. The highest BCUT2D eigenvalue weighted by Gasteiger charge is 2.09. The molecule has 2 rings (SSSR count). The Hall–Kier alpha value is -1.35. The molecule has 0 aliphatic heterocycles. The Morgan fingerprint density at radius 2 is 2.38 bits per heavy atom. The van der Waals surface area contributed by atoms with Crippen molar-refractivity contribution in [2.24, 2.45) is 0 Å². The molecule has 0 aromatic carbocycles. The first-order chi connectivity index (χ1) is 6.18. The third-order valence-corrected chi connectivity index (χ3v) is 2.01. The van der Waals surface area contributed by atoms with Gasteiger partial charge in [-0.3, -0.25) is 4.79 Å². The van der Waals surface area contributed by atoms with E-state index >= 15 is 0 Å². The predicted molar refractivity (Wildman–Crippen MR) is 49.0 cm³/mol. The van der Waals surface area contributed by atoms with Gasteiger partial charge in [-0.25, -0.2) is 4.98 Å². The highest BCUT2D eigenvalue weighted by molar-refractivity contribution is 6.33. The summed E-state index contributed by atoms with van der Waals surface area (Å²) < 4.78 is 5.08. The molecule has 3 nitrogen and oxygen atoms in total. The number of ketones is 1. The lowest BCUT2D eigenvalue weighted by molar-refractivity contribution is 0.101. The van der Waals surface area contributed by atoms with Crippen molar-refractivity contribution in [2.45, 2.75) is 6.92 Å². The molecule has 66 valence electrons. The molecule has 2 aromatic heterocycles. The number of rotatable bonds is 1. The van der Waals surface area contributed by atoms with E-state index < -0.39 is 0 Å². The fourth-order valence-electron chi connectivity index (χ4n) is 1.12. The summed E-state index contributed by atoms with van der Waals surface area (Å²) in [6.07, 6.45) is 1.52. The molecule has 0 bridgehead atoms. The van der Waals surface area contributed by atoms with Gasteiger partial charge in [-0.1, -0.05) is 11.6 Å². The molecule has 0 N–H and O–H groups in total. The Morgan fingerprint density at radius 3 is 3.08 bits per heavy atom. The van der Waals surface area contributed by atoms with E-state index in [-0.39, 0.29) is 10.9 Å². The summed E-state index contributed by atoms with van der Waals surface area (Å²) in [5.41, 5.74) is 0.880. The standard InChI is InChI=1S/C9H6ClNO2/c1-5(12)7-4-6-2-3-13-8(6)9(10)11-7/h2-4H,1H3.